The molecule has 146 valence electrons. The Morgan fingerprint density at radius 1 is 1.03 bits per heavy atom. The summed E-state index contributed by atoms with van der Waals surface area (Å²) in [6.07, 6.45) is 1.66. The minimum Gasteiger partial charge on any atom is -0.322 e. The fourth-order valence-corrected chi connectivity index (χ4v) is 3.69. The second kappa shape index (κ2) is 7.92. The second-order valence-corrected chi connectivity index (χ2v) is 7.73. The monoisotopic (exact) mass is 404 g/mol. The second-order valence-electron chi connectivity index (χ2n) is 6.69. The highest BCUT2D eigenvalue weighted by Gasteiger charge is 2.09. The Bertz CT molecular complexity index is 1140. The van der Waals surface area contributed by atoms with Crippen molar-refractivity contribution >= 4 is 23.4 Å². The number of hydrogen-bond donors (Lipinski definition) is 1. The maximum absolute atomic E-state index is 12.6. The molecule has 1 amide bonds. The summed E-state index contributed by atoms with van der Waals surface area (Å²) in [6, 6.07) is 17.1. The minimum absolute atomic E-state index is 0.154. The molecule has 0 fully saturated rings. The standard InChI is InChI=1S/C21H20N6OS/c1-14-12-15(2)27(25-14)18-8-4-16(5-9-18)20(28)23-17-6-10-19(11-7-17)29-21-24-22-13-26(21)3/h4-13H,1-3H3,(H,23,28). The average Bonchev–Trinajstić information content (AvgIpc) is 3.27. The van der Waals surface area contributed by atoms with Gasteiger partial charge in [-0.25, -0.2) is 4.68 Å². The maximum Gasteiger partial charge on any atom is 0.255 e. The van der Waals surface area contributed by atoms with Crippen LogP contribution in [0.25, 0.3) is 5.69 Å². The summed E-state index contributed by atoms with van der Waals surface area (Å²) in [5, 5.41) is 16.1. The van der Waals surface area contributed by atoms with E-state index in [4.69, 9.17) is 0 Å². The van der Waals surface area contributed by atoms with E-state index in [-0.39, 0.29) is 5.91 Å². The summed E-state index contributed by atoms with van der Waals surface area (Å²) in [4.78, 5) is 13.6. The highest BCUT2D eigenvalue weighted by Crippen LogP contribution is 2.26. The van der Waals surface area contributed by atoms with Gasteiger partial charge in [0.05, 0.1) is 11.4 Å². The van der Waals surface area contributed by atoms with Crippen LogP contribution in [-0.4, -0.2) is 30.5 Å². The fourth-order valence-electron chi connectivity index (χ4n) is 2.92. The van der Waals surface area contributed by atoms with Crippen molar-refractivity contribution in [2.75, 3.05) is 5.32 Å². The van der Waals surface area contributed by atoms with E-state index < -0.39 is 0 Å². The van der Waals surface area contributed by atoms with E-state index in [0.29, 0.717) is 5.56 Å². The molecule has 0 aliphatic rings. The summed E-state index contributed by atoms with van der Waals surface area (Å²) in [5.41, 5.74) is 4.27. The molecule has 2 aromatic heterocycles. The van der Waals surface area contributed by atoms with Crippen LogP contribution >= 0.6 is 11.8 Å². The number of nitrogens with one attached hydrogen (secondary N) is 1. The lowest BCUT2D eigenvalue weighted by molar-refractivity contribution is 0.102. The lowest BCUT2D eigenvalue weighted by Gasteiger charge is -2.08. The molecule has 0 unspecified atom stereocenters. The van der Waals surface area contributed by atoms with Gasteiger partial charge in [-0.1, -0.05) is 0 Å². The molecular formula is C21H20N6OS. The van der Waals surface area contributed by atoms with E-state index in [0.717, 1.165) is 32.8 Å². The Balaban J connectivity index is 1.42. The molecule has 0 aliphatic carbocycles. The van der Waals surface area contributed by atoms with Crippen LogP contribution in [0.3, 0.4) is 0 Å². The van der Waals surface area contributed by atoms with Crippen molar-refractivity contribution in [1.29, 1.82) is 0 Å². The summed E-state index contributed by atoms with van der Waals surface area (Å²) in [6.45, 7) is 3.97. The number of hydrogen-bond acceptors (Lipinski definition) is 5. The summed E-state index contributed by atoms with van der Waals surface area (Å²) in [7, 11) is 1.90. The Labute approximate surface area is 172 Å². The maximum atomic E-state index is 12.6. The molecule has 4 aromatic rings. The molecular weight excluding hydrogens is 384 g/mol. The van der Waals surface area contributed by atoms with Crippen LogP contribution in [0.2, 0.25) is 0 Å². The summed E-state index contributed by atoms with van der Waals surface area (Å²) in [5.74, 6) is -0.154. The summed E-state index contributed by atoms with van der Waals surface area (Å²) < 4.78 is 3.72. The van der Waals surface area contributed by atoms with Crippen molar-refractivity contribution in [1.82, 2.24) is 24.5 Å². The van der Waals surface area contributed by atoms with Crippen LogP contribution in [-0.2, 0) is 7.05 Å². The van der Waals surface area contributed by atoms with Gasteiger partial charge in [-0.2, -0.15) is 5.10 Å². The predicted octanol–water partition coefficient (Wildman–Crippen LogP) is 4.02. The Morgan fingerprint density at radius 2 is 1.76 bits per heavy atom. The van der Waals surface area contributed by atoms with Gasteiger partial charge in [-0.3, -0.25) is 4.79 Å². The van der Waals surface area contributed by atoms with Gasteiger partial charge in [0.15, 0.2) is 5.16 Å². The van der Waals surface area contributed by atoms with Crippen molar-refractivity contribution < 1.29 is 4.79 Å². The molecule has 8 heteroatoms. The number of nitrogens with zero attached hydrogens (tertiary/aromatic N) is 5. The molecule has 2 aromatic carbocycles. The first-order valence-corrected chi connectivity index (χ1v) is 9.88. The van der Waals surface area contributed by atoms with E-state index in [1.807, 2.05) is 72.6 Å². The SMILES string of the molecule is Cc1cc(C)n(-c2ccc(C(=O)Nc3ccc(Sc4nncn4C)cc3)cc2)n1. The van der Waals surface area contributed by atoms with Gasteiger partial charge in [-0.05, 0) is 80.2 Å². The van der Waals surface area contributed by atoms with Crippen LogP contribution in [0.15, 0.2) is 71.0 Å². The van der Waals surface area contributed by atoms with E-state index in [1.54, 1.807) is 18.5 Å². The zero-order valence-electron chi connectivity index (χ0n) is 16.3. The van der Waals surface area contributed by atoms with Gasteiger partial charge in [0, 0.05) is 28.9 Å². The van der Waals surface area contributed by atoms with E-state index >= 15 is 0 Å². The fraction of sp³-hybridized carbons (Fsp3) is 0.143. The van der Waals surface area contributed by atoms with Crippen molar-refractivity contribution in [2.24, 2.45) is 7.05 Å². The number of carbonyl (C=O) groups is 1. The molecule has 7 nitrogen and oxygen atoms in total. The van der Waals surface area contributed by atoms with Crippen LogP contribution < -0.4 is 5.32 Å². The number of aryl methyl sites for hydroxylation is 3. The van der Waals surface area contributed by atoms with Crippen LogP contribution in [0.5, 0.6) is 0 Å². The first-order valence-electron chi connectivity index (χ1n) is 9.06. The molecule has 4 rings (SSSR count). The Kier molecular flexibility index (Phi) is 5.18. The molecule has 0 aliphatic heterocycles. The molecule has 29 heavy (non-hydrogen) atoms. The summed E-state index contributed by atoms with van der Waals surface area (Å²) >= 11 is 1.52. The number of aromatic nitrogens is 5. The van der Waals surface area contributed by atoms with Gasteiger partial charge in [0.1, 0.15) is 6.33 Å². The first-order chi connectivity index (χ1) is 14.0. The molecule has 0 saturated carbocycles. The average molecular weight is 404 g/mol. The zero-order valence-corrected chi connectivity index (χ0v) is 17.1. The highest BCUT2D eigenvalue weighted by atomic mass is 32.2. The number of benzene rings is 2. The van der Waals surface area contributed by atoms with Gasteiger partial charge in [0.2, 0.25) is 0 Å². The first kappa shape index (κ1) is 18.9. The van der Waals surface area contributed by atoms with Crippen molar-refractivity contribution in [3.63, 3.8) is 0 Å². The topological polar surface area (TPSA) is 77.6 Å². The predicted molar refractivity (Wildman–Crippen MR) is 113 cm³/mol. The number of anilines is 1. The van der Waals surface area contributed by atoms with Gasteiger partial charge in [-0.15, -0.1) is 10.2 Å². The third-order valence-corrected chi connectivity index (χ3v) is 5.43. The molecule has 0 radical (unpaired) electrons. The highest BCUT2D eigenvalue weighted by molar-refractivity contribution is 7.99. The van der Waals surface area contributed by atoms with Crippen molar-refractivity contribution in [2.45, 2.75) is 23.9 Å². The largest absolute Gasteiger partial charge is 0.322 e. The van der Waals surface area contributed by atoms with Crippen molar-refractivity contribution in [3.05, 3.63) is 77.9 Å². The van der Waals surface area contributed by atoms with Crippen LogP contribution in [0.1, 0.15) is 21.7 Å². The number of rotatable bonds is 5. The third kappa shape index (κ3) is 4.22. The van der Waals surface area contributed by atoms with Gasteiger partial charge < -0.3 is 9.88 Å². The Hall–Kier alpha value is -3.39. The lowest BCUT2D eigenvalue weighted by Crippen LogP contribution is -2.12. The quantitative estimate of drug-likeness (QED) is 0.544. The van der Waals surface area contributed by atoms with E-state index in [1.165, 1.54) is 11.8 Å². The van der Waals surface area contributed by atoms with Crippen LogP contribution in [0.4, 0.5) is 5.69 Å². The lowest BCUT2D eigenvalue weighted by atomic mass is 10.2. The van der Waals surface area contributed by atoms with Gasteiger partial charge >= 0.3 is 0 Å². The van der Waals surface area contributed by atoms with E-state index in [9.17, 15) is 4.79 Å². The molecule has 1 N–H and O–H groups in total. The van der Waals surface area contributed by atoms with Gasteiger partial charge in [0.25, 0.3) is 5.91 Å². The smallest absolute Gasteiger partial charge is 0.255 e. The van der Waals surface area contributed by atoms with Crippen molar-refractivity contribution in [3.8, 4) is 5.69 Å². The minimum atomic E-state index is -0.154. The number of carbonyl (C=O) groups excluding carboxylic acids is 1. The molecule has 0 atom stereocenters. The zero-order chi connectivity index (χ0) is 20.4. The van der Waals surface area contributed by atoms with E-state index in [2.05, 4.69) is 20.6 Å². The number of amides is 1. The third-order valence-electron chi connectivity index (χ3n) is 4.37. The molecule has 2 heterocycles. The molecule has 0 bridgehead atoms. The van der Waals surface area contributed by atoms with Crippen LogP contribution in [0, 0.1) is 13.8 Å². The molecule has 0 spiro atoms. The Morgan fingerprint density at radius 3 is 2.34 bits per heavy atom. The normalized spacial score (nSPS) is 10.9. The molecule has 0 saturated heterocycles.